The number of fused-ring (bicyclic) bond motifs is 2. The number of anilines is 2. The first-order valence-electron chi connectivity index (χ1n) is 10.4. The summed E-state index contributed by atoms with van der Waals surface area (Å²) in [6.07, 6.45) is 1.52. The van der Waals surface area contributed by atoms with E-state index in [2.05, 4.69) is 36.2 Å². The average molecular weight is 392 g/mol. The van der Waals surface area contributed by atoms with Crippen LogP contribution in [0.15, 0.2) is 48.5 Å². The van der Waals surface area contributed by atoms with Crippen LogP contribution in [0.3, 0.4) is 0 Å². The van der Waals surface area contributed by atoms with E-state index in [4.69, 9.17) is 0 Å². The van der Waals surface area contributed by atoms with Gasteiger partial charge in [0.2, 0.25) is 5.91 Å². The van der Waals surface area contributed by atoms with Crippen LogP contribution in [0.25, 0.3) is 0 Å². The van der Waals surface area contributed by atoms with E-state index in [-0.39, 0.29) is 11.8 Å². The average Bonchev–Trinajstić information content (AvgIpc) is 2.95. The molecule has 1 spiro atoms. The molecule has 2 aromatic carbocycles. The summed E-state index contributed by atoms with van der Waals surface area (Å²) in [5, 5.41) is 2.99. The SMILES string of the molecule is CC(C)CNC(=O)c1ccc2c(c1)C1(CCN(c3ccccc3)CC1)C(=O)N2C. The topological polar surface area (TPSA) is 52.7 Å². The number of rotatable bonds is 4. The second kappa shape index (κ2) is 7.54. The normalized spacial score (nSPS) is 17.7. The van der Waals surface area contributed by atoms with Crippen molar-refractivity contribution in [3.63, 3.8) is 0 Å². The van der Waals surface area contributed by atoms with Crippen LogP contribution < -0.4 is 15.1 Å². The molecule has 1 fully saturated rings. The molecule has 0 unspecified atom stereocenters. The second-order valence-corrected chi connectivity index (χ2v) is 8.60. The highest BCUT2D eigenvalue weighted by molar-refractivity contribution is 6.09. The second-order valence-electron chi connectivity index (χ2n) is 8.60. The van der Waals surface area contributed by atoms with Crippen molar-refractivity contribution in [1.29, 1.82) is 0 Å². The number of carbonyl (C=O) groups is 2. The largest absolute Gasteiger partial charge is 0.371 e. The number of hydrogen-bond donors (Lipinski definition) is 1. The molecule has 0 atom stereocenters. The lowest BCUT2D eigenvalue weighted by Gasteiger charge is -2.39. The molecule has 0 aromatic heterocycles. The van der Waals surface area contributed by atoms with E-state index >= 15 is 0 Å². The number of amides is 2. The van der Waals surface area contributed by atoms with E-state index in [0.29, 0.717) is 18.0 Å². The van der Waals surface area contributed by atoms with Crippen LogP contribution in [-0.2, 0) is 10.2 Å². The predicted octanol–water partition coefficient (Wildman–Crippen LogP) is 3.59. The van der Waals surface area contributed by atoms with Gasteiger partial charge in [-0.2, -0.15) is 0 Å². The highest BCUT2D eigenvalue weighted by atomic mass is 16.2. The minimum atomic E-state index is -0.524. The van der Waals surface area contributed by atoms with Crippen molar-refractivity contribution in [3.8, 4) is 0 Å². The minimum absolute atomic E-state index is 0.0691. The van der Waals surface area contributed by atoms with Crippen LogP contribution in [0.4, 0.5) is 11.4 Å². The molecule has 5 nitrogen and oxygen atoms in total. The predicted molar refractivity (Wildman–Crippen MR) is 117 cm³/mol. The zero-order valence-corrected chi connectivity index (χ0v) is 17.4. The van der Waals surface area contributed by atoms with E-state index in [1.54, 1.807) is 4.90 Å². The summed E-state index contributed by atoms with van der Waals surface area (Å²) < 4.78 is 0. The standard InChI is InChI=1S/C24H29N3O2/c1-17(2)16-25-22(28)18-9-10-21-20(15-18)24(23(29)26(21)3)11-13-27(14-12-24)19-7-5-4-6-8-19/h4-10,15,17H,11-14,16H2,1-3H3,(H,25,28). The lowest BCUT2D eigenvalue weighted by Crippen LogP contribution is -2.48. The van der Waals surface area contributed by atoms with Gasteiger partial charge in [0.15, 0.2) is 0 Å². The summed E-state index contributed by atoms with van der Waals surface area (Å²) >= 11 is 0. The molecule has 2 amide bonds. The quantitative estimate of drug-likeness (QED) is 0.867. The van der Waals surface area contributed by atoms with Crippen molar-refractivity contribution in [3.05, 3.63) is 59.7 Å². The van der Waals surface area contributed by atoms with Crippen LogP contribution in [0, 0.1) is 5.92 Å². The molecule has 5 heteroatoms. The van der Waals surface area contributed by atoms with Gasteiger partial charge in [-0.3, -0.25) is 9.59 Å². The van der Waals surface area contributed by atoms with E-state index < -0.39 is 5.41 Å². The number of likely N-dealkylation sites (N-methyl/N-ethyl adjacent to an activating group) is 1. The Morgan fingerprint density at radius 2 is 1.79 bits per heavy atom. The maximum atomic E-state index is 13.3. The van der Waals surface area contributed by atoms with Gasteiger partial charge in [-0.25, -0.2) is 0 Å². The number of nitrogens with zero attached hydrogens (tertiary/aromatic N) is 2. The van der Waals surface area contributed by atoms with Crippen molar-refractivity contribution in [2.75, 3.05) is 36.5 Å². The van der Waals surface area contributed by atoms with Gasteiger partial charge >= 0.3 is 0 Å². The Kier molecular flexibility index (Phi) is 5.07. The highest BCUT2D eigenvalue weighted by Crippen LogP contribution is 2.48. The molecule has 2 aliphatic heterocycles. The van der Waals surface area contributed by atoms with Crippen LogP contribution in [0.5, 0.6) is 0 Å². The van der Waals surface area contributed by atoms with Gasteiger partial charge in [0.1, 0.15) is 0 Å². The molecule has 152 valence electrons. The zero-order valence-electron chi connectivity index (χ0n) is 17.4. The first-order valence-corrected chi connectivity index (χ1v) is 10.4. The molecule has 0 radical (unpaired) electrons. The molecule has 4 rings (SSSR count). The van der Waals surface area contributed by atoms with Gasteiger partial charge in [0.05, 0.1) is 5.41 Å². The molecule has 0 aliphatic carbocycles. The molecule has 2 aliphatic rings. The third-order valence-corrected chi connectivity index (χ3v) is 6.26. The Hall–Kier alpha value is -2.82. The lowest BCUT2D eigenvalue weighted by molar-refractivity contribution is -0.123. The summed E-state index contributed by atoms with van der Waals surface area (Å²) in [6.45, 7) is 6.45. The van der Waals surface area contributed by atoms with Gasteiger partial charge < -0.3 is 15.1 Å². The Labute approximate surface area is 172 Å². The van der Waals surface area contributed by atoms with Crippen LogP contribution >= 0.6 is 0 Å². The number of piperidine rings is 1. The van der Waals surface area contributed by atoms with E-state index in [1.807, 2.05) is 43.4 Å². The van der Waals surface area contributed by atoms with Crippen LogP contribution in [0.1, 0.15) is 42.6 Å². The molecule has 1 saturated heterocycles. The lowest BCUT2D eigenvalue weighted by atomic mass is 9.73. The van der Waals surface area contributed by atoms with Crippen molar-refractivity contribution < 1.29 is 9.59 Å². The number of para-hydroxylation sites is 1. The Morgan fingerprint density at radius 1 is 1.10 bits per heavy atom. The van der Waals surface area contributed by atoms with Crippen LogP contribution in [-0.4, -0.2) is 38.5 Å². The molecular weight excluding hydrogens is 362 g/mol. The van der Waals surface area contributed by atoms with Crippen LogP contribution in [0.2, 0.25) is 0 Å². The smallest absolute Gasteiger partial charge is 0.251 e. The van der Waals surface area contributed by atoms with E-state index in [0.717, 1.165) is 37.2 Å². The fourth-order valence-electron chi connectivity index (χ4n) is 4.57. The Bertz CT molecular complexity index is 915. The molecule has 29 heavy (non-hydrogen) atoms. The van der Waals surface area contributed by atoms with Gasteiger partial charge in [-0.15, -0.1) is 0 Å². The molecule has 0 bridgehead atoms. The third kappa shape index (κ3) is 3.39. The van der Waals surface area contributed by atoms with Crippen molar-refractivity contribution in [1.82, 2.24) is 5.32 Å². The van der Waals surface area contributed by atoms with Crippen molar-refractivity contribution in [2.24, 2.45) is 5.92 Å². The Morgan fingerprint density at radius 3 is 2.45 bits per heavy atom. The van der Waals surface area contributed by atoms with E-state index in [9.17, 15) is 9.59 Å². The summed E-state index contributed by atoms with van der Waals surface area (Å²) in [5.41, 5.74) is 3.25. The van der Waals surface area contributed by atoms with Crippen molar-refractivity contribution >= 4 is 23.2 Å². The molecule has 2 aromatic rings. The fourth-order valence-corrected chi connectivity index (χ4v) is 4.57. The third-order valence-electron chi connectivity index (χ3n) is 6.26. The number of nitrogens with one attached hydrogen (secondary N) is 1. The summed E-state index contributed by atoms with van der Waals surface area (Å²) in [4.78, 5) is 30.0. The van der Waals surface area contributed by atoms with Gasteiger partial charge in [0, 0.05) is 43.6 Å². The number of carbonyl (C=O) groups excluding carboxylic acids is 2. The summed E-state index contributed by atoms with van der Waals surface area (Å²) in [5.74, 6) is 0.482. The van der Waals surface area contributed by atoms with Gasteiger partial charge in [-0.1, -0.05) is 32.0 Å². The maximum absolute atomic E-state index is 13.3. The zero-order chi connectivity index (χ0) is 20.6. The highest BCUT2D eigenvalue weighted by Gasteiger charge is 2.51. The fraction of sp³-hybridized carbons (Fsp3) is 0.417. The first kappa shape index (κ1) is 19.5. The maximum Gasteiger partial charge on any atom is 0.251 e. The molecule has 0 saturated carbocycles. The molecule has 2 heterocycles. The van der Waals surface area contributed by atoms with Gasteiger partial charge in [0.25, 0.3) is 5.91 Å². The van der Waals surface area contributed by atoms with E-state index in [1.165, 1.54) is 5.69 Å². The molecule has 1 N–H and O–H groups in total. The van der Waals surface area contributed by atoms with Crippen molar-refractivity contribution in [2.45, 2.75) is 32.1 Å². The minimum Gasteiger partial charge on any atom is -0.371 e. The summed E-state index contributed by atoms with van der Waals surface area (Å²) in [6, 6.07) is 16.1. The summed E-state index contributed by atoms with van der Waals surface area (Å²) in [7, 11) is 1.85. The van der Waals surface area contributed by atoms with Gasteiger partial charge in [-0.05, 0) is 54.7 Å². The Balaban J connectivity index is 1.61. The first-order chi connectivity index (χ1) is 13.9. The number of hydrogen-bond acceptors (Lipinski definition) is 3. The number of benzene rings is 2. The monoisotopic (exact) mass is 391 g/mol. The molecular formula is C24H29N3O2.